The molecule has 0 spiro atoms. The molecule has 0 aliphatic heterocycles. The smallest absolute Gasteiger partial charge is 0.136 e. The van der Waals surface area contributed by atoms with Crippen molar-refractivity contribution in [3.05, 3.63) is 126 Å². The minimum absolute atomic E-state index is 0.0682. The lowest BCUT2D eigenvalue weighted by Gasteiger charge is -2.25. The lowest BCUT2D eigenvalue weighted by Crippen LogP contribution is -2.09. The van der Waals surface area contributed by atoms with Crippen LogP contribution >= 0.6 is 11.6 Å². The van der Waals surface area contributed by atoms with Crippen molar-refractivity contribution >= 4 is 50.6 Å². The van der Waals surface area contributed by atoms with E-state index < -0.39 is 18.1 Å². The summed E-state index contributed by atoms with van der Waals surface area (Å²) in [4.78, 5) is 1.70. The first-order chi connectivity index (χ1) is 18.3. The molecule has 0 aliphatic rings. The molecule has 0 N–H and O–H groups in total. The summed E-state index contributed by atoms with van der Waals surface area (Å²) in [6, 6.07) is 26.8. The van der Waals surface area contributed by atoms with E-state index >= 15 is 0 Å². The van der Waals surface area contributed by atoms with Gasteiger partial charge in [-0.25, -0.2) is 0 Å². The van der Waals surface area contributed by atoms with Crippen LogP contribution in [-0.2, 0) is 0 Å². The van der Waals surface area contributed by atoms with Crippen molar-refractivity contribution in [3.8, 4) is 11.1 Å². The van der Waals surface area contributed by atoms with Crippen LogP contribution in [-0.4, -0.2) is 0 Å². The monoisotopic (exact) mass is 450 g/mol. The molecule has 0 amide bonds. The zero-order valence-electron chi connectivity index (χ0n) is 22.4. The Kier molecular flexibility index (Phi) is 3.69. The molecule has 1 aromatic heterocycles. The van der Waals surface area contributed by atoms with Crippen LogP contribution in [0.3, 0.4) is 0 Å². The van der Waals surface area contributed by atoms with E-state index in [0.717, 1.165) is 21.9 Å². The molecule has 0 radical (unpaired) electrons. The molecule has 0 aliphatic carbocycles. The van der Waals surface area contributed by atoms with Crippen molar-refractivity contribution in [1.82, 2.24) is 0 Å². The highest BCUT2D eigenvalue weighted by Crippen LogP contribution is 2.39. The fraction of sp³-hybridized carbons (Fsp3) is 0. The summed E-state index contributed by atoms with van der Waals surface area (Å²) in [6.45, 7) is 0. The number of rotatable bonds is 4. The van der Waals surface area contributed by atoms with Crippen molar-refractivity contribution < 1.29 is 11.3 Å². The van der Waals surface area contributed by atoms with Gasteiger partial charge in [-0.1, -0.05) is 72.2 Å². The number of halogens is 1. The molecular weight excluding hydrogens is 426 g/mol. The van der Waals surface area contributed by atoms with E-state index in [2.05, 4.69) is 0 Å². The maximum atomic E-state index is 8.68. The van der Waals surface area contributed by atoms with Gasteiger partial charge in [0.05, 0.1) is 6.85 Å². The number of hydrogen-bond donors (Lipinski definition) is 0. The Hall–Kier alpha value is -4.01. The van der Waals surface area contributed by atoms with Gasteiger partial charge in [-0.2, -0.15) is 0 Å². The Balaban J connectivity index is 1.59. The summed E-state index contributed by atoms with van der Waals surface area (Å²) in [5, 5.41) is 2.26. The van der Waals surface area contributed by atoms with Crippen LogP contribution in [0.25, 0.3) is 33.1 Å². The van der Waals surface area contributed by atoms with E-state index in [1.807, 2.05) is 78.9 Å². The maximum absolute atomic E-state index is 8.68. The fourth-order valence-electron chi connectivity index (χ4n) is 4.07. The van der Waals surface area contributed by atoms with Gasteiger partial charge in [0.25, 0.3) is 0 Å². The summed E-state index contributed by atoms with van der Waals surface area (Å²) in [7, 11) is 0. The van der Waals surface area contributed by atoms with Gasteiger partial charge in [0, 0.05) is 38.9 Å². The molecule has 2 nitrogen and oxygen atoms in total. The van der Waals surface area contributed by atoms with Crippen LogP contribution in [0.15, 0.2) is 126 Å². The maximum Gasteiger partial charge on any atom is 0.136 e. The molecule has 3 heteroatoms. The molecule has 0 atom stereocenters. The average Bonchev–Trinajstić information content (AvgIpc) is 3.30. The van der Waals surface area contributed by atoms with Gasteiger partial charge in [0.1, 0.15) is 11.2 Å². The van der Waals surface area contributed by atoms with E-state index in [0.29, 0.717) is 27.6 Å². The molecule has 158 valence electrons. The number of nitrogens with zero attached hydrogens (tertiary/aromatic N) is 1. The quantitative estimate of drug-likeness (QED) is 0.266. The highest BCUT2D eigenvalue weighted by molar-refractivity contribution is 6.31. The van der Waals surface area contributed by atoms with E-state index in [4.69, 9.17) is 22.9 Å². The topological polar surface area (TPSA) is 16.4 Å². The zero-order valence-corrected chi connectivity index (χ0v) is 18.1. The largest absolute Gasteiger partial charge is 0.456 e. The zero-order chi connectivity index (χ0) is 26.6. The van der Waals surface area contributed by atoms with E-state index in [1.54, 1.807) is 17.0 Å². The third-order valence-corrected chi connectivity index (χ3v) is 5.85. The van der Waals surface area contributed by atoms with Crippen LogP contribution in [0.1, 0.15) is 6.85 Å². The van der Waals surface area contributed by atoms with Crippen molar-refractivity contribution in [1.29, 1.82) is 0 Å². The first-order valence-corrected chi connectivity index (χ1v) is 10.9. The van der Waals surface area contributed by atoms with Crippen molar-refractivity contribution in [3.63, 3.8) is 0 Å². The Labute approximate surface area is 204 Å². The molecular formula is C30H20ClNO. The van der Waals surface area contributed by atoms with Gasteiger partial charge >= 0.3 is 0 Å². The number of para-hydroxylation sites is 1. The number of hydrogen-bond acceptors (Lipinski definition) is 2. The molecule has 33 heavy (non-hydrogen) atoms. The van der Waals surface area contributed by atoms with Crippen LogP contribution in [0.2, 0.25) is 5.02 Å². The van der Waals surface area contributed by atoms with Gasteiger partial charge in [0.15, 0.2) is 0 Å². The SMILES string of the molecule is [2H]c1c([2H])c([2H])c(N(c2ccc(-c3ccccc3)cc2)c2ccc3oc4cc(Cl)ccc4c3c2)c([2H])c1[2H]. The van der Waals surface area contributed by atoms with Gasteiger partial charge in [-0.15, -0.1) is 0 Å². The molecule has 6 aromatic rings. The normalized spacial score (nSPS) is 13.3. The molecule has 6 rings (SSSR count). The lowest BCUT2D eigenvalue weighted by atomic mass is 10.0. The minimum atomic E-state index is -0.434. The first-order valence-electron chi connectivity index (χ1n) is 13.0. The third-order valence-electron chi connectivity index (χ3n) is 5.62. The van der Waals surface area contributed by atoms with Gasteiger partial charge in [0.2, 0.25) is 0 Å². The first kappa shape index (κ1) is 14.9. The average molecular weight is 451 g/mol. The van der Waals surface area contributed by atoms with Crippen molar-refractivity contribution in [2.45, 2.75) is 0 Å². The second-order valence-corrected chi connectivity index (χ2v) is 8.08. The highest BCUT2D eigenvalue weighted by Gasteiger charge is 2.15. The van der Waals surface area contributed by atoms with Gasteiger partial charge in [-0.05, 0) is 65.7 Å². The summed E-state index contributed by atoms with van der Waals surface area (Å²) in [5.41, 5.74) is 4.71. The predicted octanol–water partition coefficient (Wildman–Crippen LogP) is 9.38. The second kappa shape index (κ2) is 8.16. The lowest BCUT2D eigenvalue weighted by molar-refractivity contribution is 0.669. The third kappa shape index (κ3) is 3.65. The molecule has 1 heterocycles. The predicted molar refractivity (Wildman–Crippen MR) is 139 cm³/mol. The molecule has 0 fully saturated rings. The van der Waals surface area contributed by atoms with Crippen molar-refractivity contribution in [2.24, 2.45) is 0 Å². The fourth-order valence-corrected chi connectivity index (χ4v) is 4.24. The molecule has 5 aromatic carbocycles. The number of furan rings is 1. The van der Waals surface area contributed by atoms with Crippen LogP contribution < -0.4 is 4.90 Å². The van der Waals surface area contributed by atoms with E-state index in [-0.39, 0.29) is 17.8 Å². The summed E-state index contributed by atoms with van der Waals surface area (Å²) < 4.78 is 48.0. The standard InChI is InChI=1S/C30H20ClNO/c31-23-13-17-27-28-20-26(16-18-29(28)33-30(27)19-23)32(24-9-5-2-6-10-24)25-14-11-22(12-15-25)21-7-3-1-4-8-21/h1-20H/i2D,5D,6D,9D,10D. The Morgan fingerprint density at radius 2 is 1.33 bits per heavy atom. The Morgan fingerprint density at radius 3 is 2.12 bits per heavy atom. The summed E-state index contributed by atoms with van der Waals surface area (Å²) in [5.74, 6) is 0. The van der Waals surface area contributed by atoms with Gasteiger partial charge in [-0.3, -0.25) is 0 Å². The molecule has 0 bridgehead atoms. The Bertz CT molecular complexity index is 1810. The van der Waals surface area contributed by atoms with Crippen molar-refractivity contribution in [2.75, 3.05) is 4.90 Å². The highest BCUT2D eigenvalue weighted by atomic mass is 35.5. The summed E-state index contributed by atoms with van der Waals surface area (Å²) in [6.07, 6.45) is 0. The summed E-state index contributed by atoms with van der Waals surface area (Å²) >= 11 is 6.16. The number of anilines is 3. The van der Waals surface area contributed by atoms with Crippen LogP contribution in [0.4, 0.5) is 17.1 Å². The van der Waals surface area contributed by atoms with Gasteiger partial charge < -0.3 is 9.32 Å². The van der Waals surface area contributed by atoms with Crippen LogP contribution in [0.5, 0.6) is 0 Å². The number of fused-ring (bicyclic) bond motifs is 3. The van der Waals surface area contributed by atoms with E-state index in [9.17, 15) is 0 Å². The molecule has 0 saturated carbocycles. The molecule has 0 unspecified atom stereocenters. The second-order valence-electron chi connectivity index (χ2n) is 7.64. The Morgan fingerprint density at radius 1 is 0.606 bits per heavy atom. The number of benzene rings is 5. The van der Waals surface area contributed by atoms with Crippen LogP contribution in [0, 0.1) is 0 Å². The molecule has 0 saturated heterocycles. The minimum Gasteiger partial charge on any atom is -0.456 e. The van der Waals surface area contributed by atoms with E-state index in [1.165, 1.54) is 0 Å².